The number of ether oxygens (including phenoxy) is 1. The predicted octanol–water partition coefficient (Wildman–Crippen LogP) is 3.27. The second kappa shape index (κ2) is 5.42. The van der Waals surface area contributed by atoms with Crippen molar-refractivity contribution in [2.24, 2.45) is 0 Å². The van der Waals surface area contributed by atoms with Gasteiger partial charge in [0.25, 0.3) is 0 Å². The molecule has 1 N–H and O–H groups in total. The summed E-state index contributed by atoms with van der Waals surface area (Å²) >= 11 is 6.06. The molecule has 0 saturated heterocycles. The summed E-state index contributed by atoms with van der Waals surface area (Å²) in [5.74, 6) is 1.19. The summed E-state index contributed by atoms with van der Waals surface area (Å²) in [6.45, 7) is 3.80. The van der Waals surface area contributed by atoms with Crippen molar-refractivity contribution in [3.05, 3.63) is 46.3 Å². The van der Waals surface area contributed by atoms with Gasteiger partial charge in [-0.25, -0.2) is 0 Å². The lowest BCUT2D eigenvalue weighted by atomic mass is 10.1. The molecule has 4 nitrogen and oxygen atoms in total. The van der Waals surface area contributed by atoms with Gasteiger partial charge in [-0.05, 0) is 31.5 Å². The summed E-state index contributed by atoms with van der Waals surface area (Å²) in [4.78, 5) is 0. The van der Waals surface area contributed by atoms with Crippen LogP contribution in [0.1, 0.15) is 30.0 Å². The highest BCUT2D eigenvalue weighted by atomic mass is 35.5. The smallest absolute Gasteiger partial charge is 0.174 e. The number of benzene rings is 1. The first-order valence-corrected chi connectivity index (χ1v) is 5.96. The Kier molecular flexibility index (Phi) is 3.89. The van der Waals surface area contributed by atoms with Gasteiger partial charge in [-0.1, -0.05) is 22.8 Å². The lowest BCUT2D eigenvalue weighted by molar-refractivity contribution is 0.199. The zero-order chi connectivity index (χ0) is 13.1. The second-order valence-corrected chi connectivity index (χ2v) is 4.50. The SMILES string of the molecule is Cc1cc(COc2ccc([C@@H](C)O)cc2Cl)on1. The zero-order valence-electron chi connectivity index (χ0n) is 10.2. The van der Waals surface area contributed by atoms with E-state index in [1.54, 1.807) is 31.2 Å². The number of aliphatic hydroxyl groups is 1. The van der Waals surface area contributed by atoms with E-state index in [9.17, 15) is 5.11 Å². The first-order chi connectivity index (χ1) is 8.56. The van der Waals surface area contributed by atoms with Crippen LogP contribution < -0.4 is 4.74 Å². The number of aromatic nitrogens is 1. The van der Waals surface area contributed by atoms with Gasteiger partial charge in [0.1, 0.15) is 12.4 Å². The average Bonchev–Trinajstić information content (AvgIpc) is 2.73. The van der Waals surface area contributed by atoms with Gasteiger partial charge in [0.05, 0.1) is 16.8 Å². The minimum Gasteiger partial charge on any atom is -0.484 e. The quantitative estimate of drug-likeness (QED) is 0.924. The van der Waals surface area contributed by atoms with Crippen LogP contribution in [-0.4, -0.2) is 10.3 Å². The van der Waals surface area contributed by atoms with Gasteiger partial charge in [0, 0.05) is 6.07 Å². The molecule has 0 aliphatic heterocycles. The van der Waals surface area contributed by atoms with Crippen LogP contribution in [0.3, 0.4) is 0 Å². The maximum absolute atomic E-state index is 9.43. The van der Waals surface area contributed by atoms with Crippen LogP contribution in [0.4, 0.5) is 0 Å². The molecule has 0 aliphatic rings. The third kappa shape index (κ3) is 3.03. The maximum atomic E-state index is 9.43. The van der Waals surface area contributed by atoms with Crippen LogP contribution in [0.15, 0.2) is 28.8 Å². The largest absolute Gasteiger partial charge is 0.484 e. The molecule has 96 valence electrons. The van der Waals surface area contributed by atoms with Gasteiger partial charge in [0.15, 0.2) is 5.76 Å². The Labute approximate surface area is 110 Å². The van der Waals surface area contributed by atoms with E-state index in [4.69, 9.17) is 20.9 Å². The van der Waals surface area contributed by atoms with Crippen molar-refractivity contribution in [2.45, 2.75) is 26.6 Å². The Morgan fingerprint density at radius 1 is 1.44 bits per heavy atom. The number of nitrogens with zero attached hydrogens (tertiary/aromatic N) is 1. The zero-order valence-corrected chi connectivity index (χ0v) is 10.9. The lowest BCUT2D eigenvalue weighted by Crippen LogP contribution is -1.96. The minimum atomic E-state index is -0.548. The van der Waals surface area contributed by atoms with Crippen molar-refractivity contribution in [3.8, 4) is 5.75 Å². The van der Waals surface area contributed by atoms with Crippen molar-refractivity contribution < 1.29 is 14.4 Å². The van der Waals surface area contributed by atoms with Crippen molar-refractivity contribution in [1.29, 1.82) is 0 Å². The van der Waals surface area contributed by atoms with Crippen molar-refractivity contribution >= 4 is 11.6 Å². The van der Waals surface area contributed by atoms with Gasteiger partial charge < -0.3 is 14.4 Å². The molecule has 2 rings (SSSR count). The fraction of sp³-hybridized carbons (Fsp3) is 0.308. The normalized spacial score (nSPS) is 12.4. The second-order valence-electron chi connectivity index (χ2n) is 4.09. The Balaban J connectivity index is 2.05. The monoisotopic (exact) mass is 267 g/mol. The Hall–Kier alpha value is -1.52. The van der Waals surface area contributed by atoms with Crippen LogP contribution in [0.5, 0.6) is 5.75 Å². The average molecular weight is 268 g/mol. The highest BCUT2D eigenvalue weighted by Gasteiger charge is 2.08. The highest BCUT2D eigenvalue weighted by Crippen LogP contribution is 2.28. The third-order valence-corrected chi connectivity index (χ3v) is 2.78. The molecular formula is C13H14ClNO3. The molecule has 0 unspecified atom stereocenters. The van der Waals surface area contributed by atoms with Gasteiger partial charge in [-0.3, -0.25) is 0 Å². The summed E-state index contributed by atoms with van der Waals surface area (Å²) in [5.41, 5.74) is 1.56. The standard InChI is InChI=1S/C13H14ClNO3/c1-8-5-11(18-15-8)7-17-13-4-3-10(9(2)16)6-12(13)14/h3-6,9,16H,7H2,1-2H3/t9-/m1/s1. The number of hydrogen-bond acceptors (Lipinski definition) is 4. The van der Waals surface area contributed by atoms with Gasteiger partial charge in [0.2, 0.25) is 0 Å². The van der Waals surface area contributed by atoms with E-state index in [2.05, 4.69) is 5.16 Å². The molecule has 2 aromatic rings. The van der Waals surface area contributed by atoms with E-state index in [0.717, 1.165) is 11.3 Å². The fourth-order valence-corrected chi connectivity index (χ4v) is 1.77. The molecule has 0 bridgehead atoms. The fourth-order valence-electron chi connectivity index (χ4n) is 1.53. The van der Waals surface area contributed by atoms with Gasteiger partial charge in [-0.2, -0.15) is 0 Å². The van der Waals surface area contributed by atoms with Crippen molar-refractivity contribution in [2.75, 3.05) is 0 Å². The van der Waals surface area contributed by atoms with Gasteiger partial charge in [-0.15, -0.1) is 0 Å². The van der Waals surface area contributed by atoms with Crippen LogP contribution >= 0.6 is 11.6 Å². The molecule has 18 heavy (non-hydrogen) atoms. The van der Waals surface area contributed by atoms with E-state index in [1.165, 1.54) is 0 Å². The minimum absolute atomic E-state index is 0.272. The van der Waals surface area contributed by atoms with E-state index in [1.807, 2.05) is 6.92 Å². The Morgan fingerprint density at radius 2 is 2.22 bits per heavy atom. The summed E-state index contributed by atoms with van der Waals surface area (Å²) in [5, 5.41) is 13.7. The molecule has 1 atom stereocenters. The molecule has 5 heteroatoms. The molecule has 0 fully saturated rings. The molecule has 1 aromatic carbocycles. The van der Waals surface area contributed by atoms with Gasteiger partial charge >= 0.3 is 0 Å². The van der Waals surface area contributed by atoms with Crippen molar-refractivity contribution in [3.63, 3.8) is 0 Å². The summed E-state index contributed by atoms with van der Waals surface area (Å²) in [6, 6.07) is 7.00. The predicted molar refractivity (Wildman–Crippen MR) is 67.7 cm³/mol. The van der Waals surface area contributed by atoms with E-state index >= 15 is 0 Å². The Bertz CT molecular complexity index is 537. The summed E-state index contributed by atoms with van der Waals surface area (Å²) < 4.78 is 10.6. The maximum Gasteiger partial charge on any atom is 0.174 e. The Morgan fingerprint density at radius 3 is 2.78 bits per heavy atom. The molecule has 0 amide bonds. The topological polar surface area (TPSA) is 55.5 Å². The summed E-state index contributed by atoms with van der Waals surface area (Å²) in [6.07, 6.45) is -0.548. The molecule has 1 aromatic heterocycles. The molecule has 0 saturated carbocycles. The first kappa shape index (κ1) is 12.9. The van der Waals surface area contributed by atoms with E-state index in [0.29, 0.717) is 16.5 Å². The highest BCUT2D eigenvalue weighted by molar-refractivity contribution is 6.32. The lowest BCUT2D eigenvalue weighted by Gasteiger charge is -2.09. The van der Waals surface area contributed by atoms with E-state index < -0.39 is 6.10 Å². The number of rotatable bonds is 4. The number of hydrogen-bond donors (Lipinski definition) is 1. The van der Waals surface area contributed by atoms with Crippen LogP contribution in [-0.2, 0) is 6.61 Å². The first-order valence-electron chi connectivity index (χ1n) is 5.59. The van der Waals surface area contributed by atoms with E-state index in [-0.39, 0.29) is 6.61 Å². The molecule has 1 heterocycles. The van der Waals surface area contributed by atoms with Crippen LogP contribution in [0.25, 0.3) is 0 Å². The van der Waals surface area contributed by atoms with Crippen LogP contribution in [0.2, 0.25) is 5.02 Å². The number of halogens is 1. The molecule has 0 spiro atoms. The number of aliphatic hydroxyl groups excluding tert-OH is 1. The van der Waals surface area contributed by atoms with Crippen LogP contribution in [0, 0.1) is 6.92 Å². The number of aryl methyl sites for hydroxylation is 1. The molecule has 0 radical (unpaired) electrons. The third-order valence-electron chi connectivity index (χ3n) is 2.49. The summed E-state index contributed by atoms with van der Waals surface area (Å²) in [7, 11) is 0. The van der Waals surface area contributed by atoms with Crippen molar-refractivity contribution in [1.82, 2.24) is 5.16 Å². The molecular weight excluding hydrogens is 254 g/mol. The molecule has 0 aliphatic carbocycles.